The summed E-state index contributed by atoms with van der Waals surface area (Å²) in [5.74, 6) is -0.236. The Labute approximate surface area is 86.5 Å². The molecule has 3 nitrogen and oxygen atoms in total. The molecule has 2 atom stereocenters. The Morgan fingerprint density at radius 2 is 2.07 bits per heavy atom. The smallest absolute Gasteiger partial charge is 0.327 e. The molecule has 82 valence electrons. The summed E-state index contributed by atoms with van der Waals surface area (Å²) in [6.07, 6.45) is 0.975. The van der Waals surface area contributed by atoms with E-state index in [-0.39, 0.29) is 12.0 Å². The molecular formula is C11H21NO2. The van der Waals surface area contributed by atoms with Crippen molar-refractivity contribution in [2.24, 2.45) is 0 Å². The van der Waals surface area contributed by atoms with Gasteiger partial charge in [0.2, 0.25) is 0 Å². The van der Waals surface area contributed by atoms with Gasteiger partial charge >= 0.3 is 5.97 Å². The van der Waals surface area contributed by atoms with Crippen LogP contribution in [0.5, 0.6) is 0 Å². The first-order valence-corrected chi connectivity index (χ1v) is 5.10. The second-order valence-electron chi connectivity index (χ2n) is 3.51. The second kappa shape index (κ2) is 6.60. The summed E-state index contributed by atoms with van der Waals surface area (Å²) in [5, 5.41) is 3.18. The van der Waals surface area contributed by atoms with Gasteiger partial charge in [-0.2, -0.15) is 0 Å². The molecule has 0 aliphatic carbocycles. The van der Waals surface area contributed by atoms with E-state index in [4.69, 9.17) is 4.74 Å². The van der Waals surface area contributed by atoms with Gasteiger partial charge in [0.05, 0.1) is 6.61 Å². The monoisotopic (exact) mass is 199 g/mol. The lowest BCUT2D eigenvalue weighted by Crippen LogP contribution is -2.43. The third-order valence-electron chi connectivity index (χ3n) is 2.08. The molecule has 14 heavy (non-hydrogen) atoms. The van der Waals surface area contributed by atoms with E-state index in [2.05, 4.69) is 18.8 Å². The van der Waals surface area contributed by atoms with Gasteiger partial charge in [-0.1, -0.05) is 19.1 Å². The standard InChI is InChI=1S/C11H21NO2/c1-6-9(5)12-10(8(3)4)11(13)14-7-2/h9-10,12H,3,6-7H2,1-2,4-5H3. The SMILES string of the molecule is C=C(C)C(NC(C)CC)C(=O)OCC. The number of nitrogens with one attached hydrogen (secondary N) is 1. The van der Waals surface area contributed by atoms with Crippen LogP contribution in [0.1, 0.15) is 34.1 Å². The van der Waals surface area contributed by atoms with Crippen molar-refractivity contribution in [3.8, 4) is 0 Å². The van der Waals surface area contributed by atoms with Crippen LogP contribution in [0.3, 0.4) is 0 Å². The Morgan fingerprint density at radius 3 is 2.43 bits per heavy atom. The average molecular weight is 199 g/mol. The first kappa shape index (κ1) is 13.2. The molecule has 1 N–H and O–H groups in total. The van der Waals surface area contributed by atoms with Crippen molar-refractivity contribution < 1.29 is 9.53 Å². The van der Waals surface area contributed by atoms with Crippen LogP contribution < -0.4 is 5.32 Å². The van der Waals surface area contributed by atoms with Gasteiger partial charge in [0.15, 0.2) is 0 Å². The maximum atomic E-state index is 11.5. The lowest BCUT2D eigenvalue weighted by molar-refractivity contribution is -0.144. The van der Waals surface area contributed by atoms with Crippen LogP contribution in [0.15, 0.2) is 12.2 Å². The van der Waals surface area contributed by atoms with Crippen LogP contribution in [0.2, 0.25) is 0 Å². The van der Waals surface area contributed by atoms with E-state index < -0.39 is 0 Å². The average Bonchev–Trinajstić information content (AvgIpc) is 2.13. The fraction of sp³-hybridized carbons (Fsp3) is 0.727. The molecule has 0 saturated heterocycles. The highest BCUT2D eigenvalue weighted by Crippen LogP contribution is 2.03. The molecule has 2 unspecified atom stereocenters. The summed E-state index contributed by atoms with van der Waals surface area (Å²) < 4.78 is 4.95. The summed E-state index contributed by atoms with van der Waals surface area (Å²) in [5.41, 5.74) is 0.795. The summed E-state index contributed by atoms with van der Waals surface area (Å²) in [4.78, 5) is 11.5. The molecule has 0 fully saturated rings. The maximum Gasteiger partial charge on any atom is 0.327 e. The Bertz CT molecular complexity index is 201. The molecule has 0 aliphatic heterocycles. The Kier molecular flexibility index (Phi) is 6.21. The zero-order valence-electron chi connectivity index (χ0n) is 9.59. The highest BCUT2D eigenvalue weighted by Gasteiger charge is 2.21. The highest BCUT2D eigenvalue weighted by molar-refractivity contribution is 5.79. The van der Waals surface area contributed by atoms with Gasteiger partial charge in [-0.25, -0.2) is 4.79 Å². The van der Waals surface area contributed by atoms with Gasteiger partial charge in [0.1, 0.15) is 6.04 Å². The van der Waals surface area contributed by atoms with E-state index >= 15 is 0 Å². The number of ether oxygens (including phenoxy) is 1. The van der Waals surface area contributed by atoms with Crippen molar-refractivity contribution >= 4 is 5.97 Å². The van der Waals surface area contributed by atoms with Crippen LogP contribution >= 0.6 is 0 Å². The molecule has 0 aromatic carbocycles. The van der Waals surface area contributed by atoms with Crippen LogP contribution in [0.25, 0.3) is 0 Å². The second-order valence-corrected chi connectivity index (χ2v) is 3.51. The van der Waals surface area contributed by atoms with Gasteiger partial charge in [0, 0.05) is 6.04 Å². The van der Waals surface area contributed by atoms with Crippen molar-refractivity contribution in [2.45, 2.75) is 46.2 Å². The van der Waals surface area contributed by atoms with Crippen LogP contribution in [0.4, 0.5) is 0 Å². The lowest BCUT2D eigenvalue weighted by atomic mass is 10.1. The van der Waals surface area contributed by atoms with Crippen molar-refractivity contribution in [1.29, 1.82) is 0 Å². The minimum atomic E-state index is -0.370. The number of rotatable bonds is 6. The molecular weight excluding hydrogens is 178 g/mol. The van der Waals surface area contributed by atoms with Gasteiger partial charge in [0.25, 0.3) is 0 Å². The summed E-state index contributed by atoms with van der Waals surface area (Å²) in [6, 6.07) is -0.0778. The van der Waals surface area contributed by atoms with E-state index in [1.165, 1.54) is 0 Å². The zero-order valence-corrected chi connectivity index (χ0v) is 9.59. The van der Waals surface area contributed by atoms with Gasteiger partial charge in [-0.3, -0.25) is 5.32 Å². The molecule has 0 saturated carbocycles. The number of hydrogen-bond acceptors (Lipinski definition) is 3. The largest absolute Gasteiger partial charge is 0.465 e. The first-order valence-electron chi connectivity index (χ1n) is 5.10. The zero-order chi connectivity index (χ0) is 11.1. The molecule has 3 heteroatoms. The number of carbonyl (C=O) groups is 1. The molecule has 0 heterocycles. The van der Waals surface area contributed by atoms with E-state index in [0.29, 0.717) is 12.6 Å². The first-order chi connectivity index (χ1) is 6.52. The van der Waals surface area contributed by atoms with E-state index in [9.17, 15) is 4.79 Å². The van der Waals surface area contributed by atoms with Crippen LogP contribution in [0, 0.1) is 0 Å². The van der Waals surface area contributed by atoms with Crippen LogP contribution in [-0.4, -0.2) is 24.7 Å². The number of carbonyl (C=O) groups excluding carboxylic acids is 1. The summed E-state index contributed by atoms with van der Waals surface area (Å²) in [7, 11) is 0. The van der Waals surface area contributed by atoms with Crippen LogP contribution in [-0.2, 0) is 9.53 Å². The third-order valence-corrected chi connectivity index (χ3v) is 2.08. The predicted octanol–water partition coefficient (Wildman–Crippen LogP) is 1.88. The van der Waals surface area contributed by atoms with E-state index in [1.54, 1.807) is 6.92 Å². The molecule has 0 bridgehead atoms. The Hall–Kier alpha value is -0.830. The van der Waals surface area contributed by atoms with Gasteiger partial charge in [-0.15, -0.1) is 0 Å². The minimum Gasteiger partial charge on any atom is -0.465 e. The maximum absolute atomic E-state index is 11.5. The molecule has 0 aromatic rings. The molecule has 0 rings (SSSR count). The lowest BCUT2D eigenvalue weighted by Gasteiger charge is -2.21. The Balaban J connectivity index is 4.29. The van der Waals surface area contributed by atoms with Gasteiger partial charge in [-0.05, 0) is 27.2 Å². The quantitative estimate of drug-likeness (QED) is 0.524. The normalized spacial score (nSPS) is 14.6. The topological polar surface area (TPSA) is 38.3 Å². The minimum absolute atomic E-state index is 0.236. The summed E-state index contributed by atoms with van der Waals surface area (Å²) >= 11 is 0. The van der Waals surface area contributed by atoms with Crippen molar-refractivity contribution in [3.05, 3.63) is 12.2 Å². The Morgan fingerprint density at radius 1 is 1.50 bits per heavy atom. The molecule has 0 spiro atoms. The van der Waals surface area contributed by atoms with Crippen molar-refractivity contribution in [3.63, 3.8) is 0 Å². The molecule has 0 amide bonds. The number of esters is 1. The van der Waals surface area contributed by atoms with E-state index in [0.717, 1.165) is 12.0 Å². The summed E-state index contributed by atoms with van der Waals surface area (Å²) in [6.45, 7) is 11.9. The molecule has 0 radical (unpaired) electrons. The molecule has 0 aromatic heterocycles. The predicted molar refractivity (Wildman–Crippen MR) is 58.1 cm³/mol. The van der Waals surface area contributed by atoms with Crippen molar-refractivity contribution in [1.82, 2.24) is 5.32 Å². The third kappa shape index (κ3) is 4.42. The fourth-order valence-corrected chi connectivity index (χ4v) is 1.04. The highest BCUT2D eigenvalue weighted by atomic mass is 16.5. The fourth-order valence-electron chi connectivity index (χ4n) is 1.04. The van der Waals surface area contributed by atoms with E-state index in [1.807, 2.05) is 13.8 Å². The van der Waals surface area contributed by atoms with Gasteiger partial charge < -0.3 is 4.74 Å². The molecule has 0 aliphatic rings. The number of hydrogen-bond donors (Lipinski definition) is 1. The van der Waals surface area contributed by atoms with Crippen molar-refractivity contribution in [2.75, 3.05) is 6.61 Å².